The Bertz CT molecular complexity index is 658. The van der Waals surface area contributed by atoms with Crippen LogP contribution in [-0.2, 0) is 17.1 Å². The molecule has 0 spiro atoms. The average molecular weight is 341 g/mol. The molecule has 1 aliphatic rings. The maximum Gasteiger partial charge on any atom is 0.268 e. The fraction of sp³-hybridized carbons (Fsp3) is 0.688. The zero-order valence-corrected chi connectivity index (χ0v) is 15.2. The number of amides is 1. The van der Waals surface area contributed by atoms with Crippen molar-refractivity contribution in [2.75, 3.05) is 13.1 Å². The Kier molecular flexibility index (Phi) is 5.52. The predicted octanol–water partition coefficient (Wildman–Crippen LogP) is 1.97. The highest BCUT2D eigenvalue weighted by Gasteiger charge is 2.28. The third-order valence-electron chi connectivity index (χ3n) is 4.77. The highest BCUT2D eigenvalue weighted by molar-refractivity contribution is 7.89. The lowest BCUT2D eigenvalue weighted by atomic mass is 9.80. The minimum absolute atomic E-state index is 0.119. The second kappa shape index (κ2) is 7.05. The Labute approximate surface area is 138 Å². The van der Waals surface area contributed by atoms with Crippen LogP contribution in [0.2, 0.25) is 0 Å². The van der Waals surface area contributed by atoms with Gasteiger partial charge in [-0.3, -0.25) is 4.79 Å². The lowest BCUT2D eigenvalue weighted by Crippen LogP contribution is -2.41. The van der Waals surface area contributed by atoms with E-state index < -0.39 is 10.0 Å². The SMILES string of the molecule is CCN(CC)S(=O)(=O)c1cc(C(=O)N[C@H](C)C2CCC2)n(C)c1. The van der Waals surface area contributed by atoms with Gasteiger partial charge in [-0.2, -0.15) is 4.31 Å². The first kappa shape index (κ1) is 18.0. The van der Waals surface area contributed by atoms with Crippen molar-refractivity contribution in [1.82, 2.24) is 14.2 Å². The Hall–Kier alpha value is -1.34. The van der Waals surface area contributed by atoms with Crippen LogP contribution in [0.25, 0.3) is 0 Å². The topological polar surface area (TPSA) is 71.4 Å². The van der Waals surface area contributed by atoms with Crippen molar-refractivity contribution < 1.29 is 13.2 Å². The number of hydrogen-bond donors (Lipinski definition) is 1. The van der Waals surface area contributed by atoms with Crippen molar-refractivity contribution in [2.45, 2.75) is 51.0 Å². The van der Waals surface area contributed by atoms with Crippen LogP contribution in [-0.4, -0.2) is 42.3 Å². The smallest absolute Gasteiger partial charge is 0.268 e. The molecule has 1 amide bonds. The quantitative estimate of drug-likeness (QED) is 0.824. The van der Waals surface area contributed by atoms with E-state index in [1.807, 2.05) is 6.92 Å². The van der Waals surface area contributed by atoms with Gasteiger partial charge < -0.3 is 9.88 Å². The minimum atomic E-state index is -3.54. The van der Waals surface area contributed by atoms with Gasteiger partial charge in [0.05, 0.1) is 0 Å². The fourth-order valence-corrected chi connectivity index (χ4v) is 4.48. The maximum atomic E-state index is 12.5. The molecule has 0 unspecified atom stereocenters. The van der Waals surface area contributed by atoms with Crippen molar-refractivity contribution in [3.8, 4) is 0 Å². The molecule has 0 radical (unpaired) electrons. The molecule has 6 nitrogen and oxygen atoms in total. The van der Waals surface area contributed by atoms with Gasteiger partial charge in [-0.25, -0.2) is 8.42 Å². The van der Waals surface area contributed by atoms with Crippen LogP contribution in [0.5, 0.6) is 0 Å². The van der Waals surface area contributed by atoms with Gasteiger partial charge in [-0.1, -0.05) is 20.3 Å². The van der Waals surface area contributed by atoms with Gasteiger partial charge in [0.1, 0.15) is 10.6 Å². The highest BCUT2D eigenvalue weighted by Crippen LogP contribution is 2.29. The Balaban J connectivity index is 2.18. The van der Waals surface area contributed by atoms with E-state index in [0.29, 0.717) is 24.7 Å². The first-order valence-electron chi connectivity index (χ1n) is 8.28. The second-order valence-electron chi connectivity index (χ2n) is 6.21. The van der Waals surface area contributed by atoms with Crippen LogP contribution < -0.4 is 5.32 Å². The van der Waals surface area contributed by atoms with Crippen molar-refractivity contribution in [3.63, 3.8) is 0 Å². The molecule has 0 saturated heterocycles. The van der Waals surface area contributed by atoms with Crippen LogP contribution in [0.1, 0.15) is 50.5 Å². The molecule has 0 bridgehead atoms. The molecule has 1 fully saturated rings. The van der Waals surface area contributed by atoms with Crippen LogP contribution in [0.15, 0.2) is 17.2 Å². The molecule has 1 saturated carbocycles. The molecule has 2 rings (SSSR count). The summed E-state index contributed by atoms with van der Waals surface area (Å²) in [6, 6.07) is 1.59. The number of nitrogens with zero attached hydrogens (tertiary/aromatic N) is 2. The van der Waals surface area contributed by atoms with Gasteiger partial charge >= 0.3 is 0 Å². The third kappa shape index (κ3) is 3.61. The molecular weight excluding hydrogens is 314 g/mol. The van der Waals surface area contributed by atoms with Gasteiger partial charge in [0.15, 0.2) is 0 Å². The summed E-state index contributed by atoms with van der Waals surface area (Å²) in [5.41, 5.74) is 0.377. The number of carbonyl (C=O) groups is 1. The summed E-state index contributed by atoms with van der Waals surface area (Å²) in [5, 5.41) is 2.99. The van der Waals surface area contributed by atoms with Gasteiger partial charge in [-0.15, -0.1) is 0 Å². The predicted molar refractivity (Wildman–Crippen MR) is 89.8 cm³/mol. The second-order valence-corrected chi connectivity index (χ2v) is 8.15. The molecule has 1 aromatic rings. The summed E-state index contributed by atoms with van der Waals surface area (Å²) in [5.74, 6) is 0.325. The molecule has 23 heavy (non-hydrogen) atoms. The fourth-order valence-electron chi connectivity index (χ4n) is 2.95. The lowest BCUT2D eigenvalue weighted by Gasteiger charge is -2.31. The minimum Gasteiger partial charge on any atom is -0.348 e. The van der Waals surface area contributed by atoms with Crippen molar-refractivity contribution in [1.29, 1.82) is 0 Å². The molecule has 1 N–H and O–H groups in total. The van der Waals surface area contributed by atoms with Crippen LogP contribution in [0.4, 0.5) is 0 Å². The Morgan fingerprint density at radius 1 is 1.39 bits per heavy atom. The summed E-state index contributed by atoms with van der Waals surface area (Å²) in [7, 11) is -1.84. The highest BCUT2D eigenvalue weighted by atomic mass is 32.2. The molecule has 1 aliphatic carbocycles. The van der Waals surface area contributed by atoms with Crippen molar-refractivity contribution in [3.05, 3.63) is 18.0 Å². The van der Waals surface area contributed by atoms with Crippen LogP contribution in [0, 0.1) is 5.92 Å². The molecule has 0 aromatic carbocycles. The van der Waals surface area contributed by atoms with E-state index in [2.05, 4.69) is 5.32 Å². The normalized spacial score (nSPS) is 17.1. The summed E-state index contributed by atoms with van der Waals surface area (Å²) >= 11 is 0. The number of nitrogens with one attached hydrogen (secondary N) is 1. The first-order valence-corrected chi connectivity index (χ1v) is 9.72. The molecule has 1 atom stereocenters. The number of hydrogen-bond acceptors (Lipinski definition) is 3. The molecule has 130 valence electrons. The molecule has 1 heterocycles. The zero-order chi connectivity index (χ0) is 17.2. The Morgan fingerprint density at radius 2 is 2.00 bits per heavy atom. The third-order valence-corrected chi connectivity index (χ3v) is 6.79. The lowest BCUT2D eigenvalue weighted by molar-refractivity contribution is 0.0901. The molecule has 0 aliphatic heterocycles. The van der Waals surface area contributed by atoms with Gasteiger partial charge in [0.2, 0.25) is 10.0 Å². The average Bonchev–Trinajstić information content (AvgIpc) is 2.80. The largest absolute Gasteiger partial charge is 0.348 e. The number of aryl methyl sites for hydroxylation is 1. The number of carbonyl (C=O) groups excluding carboxylic acids is 1. The molecule has 1 aromatic heterocycles. The van der Waals surface area contributed by atoms with E-state index in [1.165, 1.54) is 23.0 Å². The number of sulfonamides is 1. The Morgan fingerprint density at radius 3 is 2.48 bits per heavy atom. The van der Waals surface area contributed by atoms with E-state index in [1.54, 1.807) is 25.5 Å². The summed E-state index contributed by atoms with van der Waals surface area (Å²) in [4.78, 5) is 12.6. The van der Waals surface area contributed by atoms with E-state index >= 15 is 0 Å². The maximum absolute atomic E-state index is 12.5. The van der Waals surface area contributed by atoms with E-state index in [-0.39, 0.29) is 16.8 Å². The number of rotatable bonds is 7. The number of aromatic nitrogens is 1. The van der Waals surface area contributed by atoms with Gasteiger partial charge in [0, 0.05) is 32.4 Å². The van der Waals surface area contributed by atoms with E-state index in [9.17, 15) is 13.2 Å². The van der Waals surface area contributed by atoms with Crippen LogP contribution >= 0.6 is 0 Å². The zero-order valence-electron chi connectivity index (χ0n) is 14.4. The van der Waals surface area contributed by atoms with E-state index in [0.717, 1.165) is 12.8 Å². The van der Waals surface area contributed by atoms with Gasteiger partial charge in [-0.05, 0) is 31.7 Å². The first-order chi connectivity index (χ1) is 10.8. The monoisotopic (exact) mass is 341 g/mol. The molecule has 7 heteroatoms. The van der Waals surface area contributed by atoms with Crippen LogP contribution in [0.3, 0.4) is 0 Å². The summed E-state index contributed by atoms with van der Waals surface area (Å²) in [6.45, 7) is 6.44. The van der Waals surface area contributed by atoms with E-state index in [4.69, 9.17) is 0 Å². The van der Waals surface area contributed by atoms with Crippen molar-refractivity contribution in [2.24, 2.45) is 13.0 Å². The standard InChI is InChI=1S/C16H27N3O3S/c1-5-19(6-2)23(21,22)14-10-15(18(4)11-14)16(20)17-12(3)13-8-7-9-13/h10-13H,5-9H2,1-4H3,(H,17,20)/t12-/m1/s1. The summed E-state index contributed by atoms with van der Waals surface area (Å²) < 4.78 is 28.1. The summed E-state index contributed by atoms with van der Waals surface area (Å²) in [6.07, 6.45) is 5.03. The molecular formula is C16H27N3O3S. The van der Waals surface area contributed by atoms with Gasteiger partial charge in [0.25, 0.3) is 5.91 Å². The van der Waals surface area contributed by atoms with Crippen molar-refractivity contribution >= 4 is 15.9 Å².